The van der Waals surface area contributed by atoms with E-state index < -0.39 is 20.2 Å². The first-order valence-electron chi connectivity index (χ1n) is 10.5. The van der Waals surface area contributed by atoms with Gasteiger partial charge in [-0.25, -0.2) is 0 Å². The SMILES string of the molecule is C=Nc1ccc2cc(C)c(N=Nc3ccc4c(C)cccc4c3S(=O)(=O)O)c(O)c2c1N.CS(=O)(=O)O. The van der Waals surface area contributed by atoms with Gasteiger partial charge in [0.2, 0.25) is 0 Å². The number of rotatable bonds is 4. The number of phenols is 1. The lowest BCUT2D eigenvalue weighted by atomic mass is 10.0. The number of phenolic OH excluding ortho intramolecular Hbond substituents is 1. The molecule has 0 aromatic heterocycles. The standard InChI is InChI=1S/C23H20N4O4S.CH4O3S/c1-12-5-4-6-16-15(12)8-10-18(23(16)32(29,30)31)26-27-21-13(2)11-14-7-9-17(25-3)20(24)19(14)22(21)28;1-5(2,3)4/h4-11,28H,3,24H2,1-2H3,(H,29,30,31);1H3,(H,2,3,4). The van der Waals surface area contributed by atoms with Gasteiger partial charge < -0.3 is 10.8 Å². The first-order chi connectivity index (χ1) is 17.1. The summed E-state index contributed by atoms with van der Waals surface area (Å²) in [6.45, 7) is 7.04. The molecule has 4 aromatic carbocycles. The molecule has 37 heavy (non-hydrogen) atoms. The minimum Gasteiger partial charge on any atom is -0.505 e. The van der Waals surface area contributed by atoms with Gasteiger partial charge >= 0.3 is 0 Å². The fraction of sp³-hybridized carbons (Fsp3) is 0.125. The average Bonchev–Trinajstić information content (AvgIpc) is 2.77. The second kappa shape index (κ2) is 10.2. The van der Waals surface area contributed by atoms with Crippen molar-refractivity contribution in [3.8, 4) is 5.75 Å². The molecule has 0 aliphatic carbocycles. The van der Waals surface area contributed by atoms with Gasteiger partial charge in [0.1, 0.15) is 16.3 Å². The number of benzene rings is 4. The highest BCUT2D eigenvalue weighted by Crippen LogP contribution is 2.44. The van der Waals surface area contributed by atoms with Crippen molar-refractivity contribution in [3.63, 3.8) is 0 Å². The molecule has 0 radical (unpaired) electrons. The molecular weight excluding hydrogens is 520 g/mol. The third-order valence-corrected chi connectivity index (χ3v) is 6.30. The highest BCUT2D eigenvalue weighted by Gasteiger charge is 2.21. The van der Waals surface area contributed by atoms with Crippen LogP contribution in [0.3, 0.4) is 0 Å². The maximum Gasteiger partial charge on any atom is 0.297 e. The summed E-state index contributed by atoms with van der Waals surface area (Å²) < 4.78 is 60.1. The van der Waals surface area contributed by atoms with Crippen LogP contribution in [0.5, 0.6) is 5.75 Å². The predicted octanol–water partition coefficient (Wildman–Crippen LogP) is 5.40. The second-order valence-electron chi connectivity index (χ2n) is 8.14. The van der Waals surface area contributed by atoms with E-state index in [1.807, 2.05) is 13.0 Å². The number of azo groups is 1. The highest BCUT2D eigenvalue weighted by atomic mass is 32.2. The maximum atomic E-state index is 12.2. The molecule has 4 rings (SSSR count). The maximum absolute atomic E-state index is 12.2. The van der Waals surface area contributed by atoms with E-state index in [2.05, 4.69) is 21.9 Å². The molecule has 0 saturated carbocycles. The predicted molar refractivity (Wildman–Crippen MR) is 144 cm³/mol. The summed E-state index contributed by atoms with van der Waals surface area (Å²) in [7, 11) is -8.27. The molecule has 0 unspecified atom stereocenters. The van der Waals surface area contributed by atoms with Crippen LogP contribution < -0.4 is 5.73 Å². The fourth-order valence-corrected chi connectivity index (χ4v) is 4.64. The van der Waals surface area contributed by atoms with Gasteiger partial charge in [0.05, 0.1) is 23.0 Å². The van der Waals surface area contributed by atoms with E-state index >= 15 is 0 Å². The van der Waals surface area contributed by atoms with Gasteiger partial charge in [0.25, 0.3) is 20.2 Å². The van der Waals surface area contributed by atoms with Gasteiger partial charge in [0.15, 0.2) is 5.75 Å². The quantitative estimate of drug-likeness (QED) is 0.114. The molecule has 0 saturated heterocycles. The first-order valence-corrected chi connectivity index (χ1v) is 13.8. The van der Waals surface area contributed by atoms with Crippen LogP contribution in [0.4, 0.5) is 22.7 Å². The van der Waals surface area contributed by atoms with Crippen LogP contribution in [-0.4, -0.2) is 44.0 Å². The van der Waals surface area contributed by atoms with Crippen LogP contribution in [0.2, 0.25) is 0 Å². The second-order valence-corrected chi connectivity index (χ2v) is 11.0. The Bertz CT molecular complexity index is 1790. The first kappa shape index (κ1) is 27.7. The molecule has 11 nitrogen and oxygen atoms in total. The summed E-state index contributed by atoms with van der Waals surface area (Å²) in [4.78, 5) is 3.50. The Morgan fingerprint density at radius 2 is 1.49 bits per heavy atom. The van der Waals surface area contributed by atoms with Crippen molar-refractivity contribution in [3.05, 3.63) is 59.7 Å². The molecule has 0 heterocycles. The lowest BCUT2D eigenvalue weighted by Gasteiger charge is -2.12. The number of anilines is 1. The van der Waals surface area contributed by atoms with Crippen LogP contribution in [0.15, 0.2) is 68.6 Å². The fourth-order valence-electron chi connectivity index (χ4n) is 3.81. The zero-order valence-electron chi connectivity index (χ0n) is 20.0. The third kappa shape index (κ3) is 6.09. The van der Waals surface area contributed by atoms with Crippen molar-refractivity contribution in [2.75, 3.05) is 12.0 Å². The van der Waals surface area contributed by atoms with E-state index in [0.717, 1.165) is 5.56 Å². The van der Waals surface area contributed by atoms with Gasteiger partial charge in [-0.2, -0.15) is 16.8 Å². The monoisotopic (exact) mass is 544 g/mol. The molecule has 13 heteroatoms. The van der Waals surface area contributed by atoms with E-state index in [0.29, 0.717) is 39.1 Å². The third-order valence-electron chi connectivity index (χ3n) is 5.36. The van der Waals surface area contributed by atoms with Crippen LogP contribution in [0, 0.1) is 13.8 Å². The normalized spacial score (nSPS) is 12.0. The van der Waals surface area contributed by atoms with Gasteiger partial charge in [0, 0.05) is 5.39 Å². The van der Waals surface area contributed by atoms with E-state index in [-0.39, 0.29) is 27.7 Å². The number of hydrogen-bond donors (Lipinski definition) is 4. The van der Waals surface area contributed by atoms with Crippen LogP contribution in [0.1, 0.15) is 11.1 Å². The Morgan fingerprint density at radius 3 is 2.08 bits per heavy atom. The van der Waals surface area contributed by atoms with Crippen LogP contribution >= 0.6 is 0 Å². The Kier molecular flexibility index (Phi) is 7.64. The molecule has 0 atom stereocenters. The van der Waals surface area contributed by atoms with Gasteiger partial charge in [-0.3, -0.25) is 14.1 Å². The van der Waals surface area contributed by atoms with Gasteiger partial charge in [-0.1, -0.05) is 30.3 Å². The van der Waals surface area contributed by atoms with E-state index in [1.165, 1.54) is 6.07 Å². The summed E-state index contributed by atoms with van der Waals surface area (Å²) in [5.41, 5.74) is 8.31. The minimum atomic E-state index is -4.61. The Morgan fingerprint density at radius 1 is 0.865 bits per heavy atom. The number of nitrogens with zero attached hydrogens (tertiary/aromatic N) is 3. The number of nitrogen functional groups attached to an aromatic ring is 1. The Hall–Kier alpha value is -3.91. The minimum absolute atomic E-state index is 0.0565. The van der Waals surface area contributed by atoms with Crippen molar-refractivity contribution in [2.24, 2.45) is 15.2 Å². The zero-order valence-corrected chi connectivity index (χ0v) is 21.7. The molecule has 4 aromatic rings. The average molecular weight is 545 g/mol. The summed E-state index contributed by atoms with van der Waals surface area (Å²) in [6.07, 6.45) is 0.715. The van der Waals surface area contributed by atoms with Gasteiger partial charge in [-0.05, 0) is 60.7 Å². The molecule has 0 aliphatic rings. The molecule has 194 valence electrons. The molecule has 0 spiro atoms. The van der Waals surface area contributed by atoms with E-state index in [1.54, 1.807) is 43.3 Å². The Labute approximate surface area is 213 Å². The topological polar surface area (TPSA) is 192 Å². The summed E-state index contributed by atoms with van der Waals surface area (Å²) >= 11 is 0. The van der Waals surface area contributed by atoms with Gasteiger partial charge in [-0.15, -0.1) is 10.2 Å². The zero-order chi connectivity index (χ0) is 27.7. The summed E-state index contributed by atoms with van der Waals surface area (Å²) in [5, 5.41) is 21.1. The van der Waals surface area contributed by atoms with E-state index in [4.69, 9.17) is 10.3 Å². The number of aryl methyl sites for hydroxylation is 2. The van der Waals surface area contributed by atoms with Crippen molar-refractivity contribution < 1.29 is 31.0 Å². The molecule has 0 aliphatic heterocycles. The lowest BCUT2D eigenvalue weighted by Crippen LogP contribution is -2.00. The van der Waals surface area contributed by atoms with E-state index in [9.17, 15) is 26.5 Å². The largest absolute Gasteiger partial charge is 0.505 e. The number of aromatic hydroxyl groups is 1. The van der Waals surface area contributed by atoms with Crippen molar-refractivity contribution in [2.45, 2.75) is 18.7 Å². The molecule has 0 bridgehead atoms. The van der Waals surface area contributed by atoms with Crippen molar-refractivity contribution in [1.29, 1.82) is 0 Å². The summed E-state index contributed by atoms with van der Waals surface area (Å²) in [5.74, 6) is -0.211. The highest BCUT2D eigenvalue weighted by molar-refractivity contribution is 7.86. The van der Waals surface area contributed by atoms with Crippen LogP contribution in [-0.2, 0) is 20.2 Å². The smallest absolute Gasteiger partial charge is 0.297 e. The number of hydrogen-bond acceptors (Lipinski definition) is 9. The number of nitrogens with two attached hydrogens (primary N) is 1. The molecule has 5 N–H and O–H groups in total. The summed E-state index contributed by atoms with van der Waals surface area (Å²) in [6, 6.07) is 13.5. The molecular formula is C24H24N4O7S2. The molecule has 0 amide bonds. The van der Waals surface area contributed by atoms with Crippen LogP contribution in [0.25, 0.3) is 21.5 Å². The van der Waals surface area contributed by atoms with Crippen molar-refractivity contribution in [1.82, 2.24) is 0 Å². The molecule has 0 fully saturated rings. The van der Waals surface area contributed by atoms with Crippen molar-refractivity contribution >= 4 is 71.2 Å². The lowest BCUT2D eigenvalue weighted by molar-refractivity contribution is 0.482. The number of aliphatic imine (C=N–C) groups is 1. The Balaban J connectivity index is 0.000000695. The number of fused-ring (bicyclic) bond motifs is 2.